The second-order valence-electron chi connectivity index (χ2n) is 3.21. The lowest BCUT2D eigenvalue weighted by molar-refractivity contribution is 0.283. The molecule has 0 atom stereocenters. The normalized spacial score (nSPS) is 10.5. The molecule has 0 amide bonds. The van der Waals surface area contributed by atoms with Gasteiger partial charge < -0.3 is 5.11 Å². The molecule has 0 aromatic carbocycles. The summed E-state index contributed by atoms with van der Waals surface area (Å²) >= 11 is 0. The number of hydrogen-bond acceptors (Lipinski definition) is 4. The molecular formula is C11H17NOS2. The van der Waals surface area contributed by atoms with E-state index in [1.54, 1.807) is 10.8 Å². The Morgan fingerprint density at radius 1 is 1.13 bits per heavy atom. The maximum Gasteiger partial charge on any atom is 0.106 e. The van der Waals surface area contributed by atoms with Gasteiger partial charge in [-0.3, -0.25) is 0 Å². The lowest BCUT2D eigenvalue weighted by atomic mass is 10.2. The Balaban J connectivity index is 1.93. The van der Waals surface area contributed by atoms with E-state index in [1.165, 1.54) is 12.8 Å². The molecule has 84 valence electrons. The number of pyridine rings is 1. The van der Waals surface area contributed by atoms with Crippen LogP contribution in [0.3, 0.4) is 0 Å². The molecule has 15 heavy (non-hydrogen) atoms. The third-order valence-electron chi connectivity index (χ3n) is 1.92. The second kappa shape index (κ2) is 9.07. The fraction of sp³-hybridized carbons (Fsp3) is 0.545. The van der Waals surface area contributed by atoms with Crippen LogP contribution in [0.5, 0.6) is 0 Å². The van der Waals surface area contributed by atoms with E-state index in [-0.39, 0.29) is 0 Å². The molecule has 1 aromatic rings. The number of hydrogen-bond donors (Lipinski definition) is 1. The summed E-state index contributed by atoms with van der Waals surface area (Å²) in [6, 6.07) is 5.98. The van der Waals surface area contributed by atoms with Gasteiger partial charge in [0, 0.05) is 18.6 Å². The Morgan fingerprint density at radius 2 is 2.00 bits per heavy atom. The average Bonchev–Trinajstić information content (AvgIpc) is 2.29. The molecule has 0 aliphatic heterocycles. The Bertz CT molecular complexity index is 244. The topological polar surface area (TPSA) is 33.1 Å². The summed E-state index contributed by atoms with van der Waals surface area (Å²) in [5.74, 6) is 1.16. The van der Waals surface area contributed by atoms with Crippen LogP contribution < -0.4 is 0 Å². The van der Waals surface area contributed by atoms with Gasteiger partial charge in [0.2, 0.25) is 0 Å². The minimum atomic E-state index is 0.329. The van der Waals surface area contributed by atoms with E-state index in [9.17, 15) is 0 Å². The van der Waals surface area contributed by atoms with E-state index >= 15 is 0 Å². The molecule has 0 saturated heterocycles. The molecule has 0 unspecified atom stereocenters. The van der Waals surface area contributed by atoms with Gasteiger partial charge >= 0.3 is 0 Å². The number of rotatable bonds is 8. The average molecular weight is 243 g/mol. The molecule has 0 fully saturated rings. The SMILES string of the molecule is OCCCCCCSSc1ccccn1. The largest absolute Gasteiger partial charge is 0.396 e. The third kappa shape index (κ3) is 6.82. The summed E-state index contributed by atoms with van der Waals surface area (Å²) in [7, 11) is 3.60. The van der Waals surface area contributed by atoms with Gasteiger partial charge in [0.25, 0.3) is 0 Å². The zero-order chi connectivity index (χ0) is 10.8. The zero-order valence-electron chi connectivity index (χ0n) is 8.76. The van der Waals surface area contributed by atoms with Crippen molar-refractivity contribution in [2.45, 2.75) is 30.7 Å². The molecule has 0 saturated carbocycles. The van der Waals surface area contributed by atoms with Gasteiger partial charge in [-0.1, -0.05) is 29.7 Å². The fourth-order valence-electron chi connectivity index (χ4n) is 1.12. The first kappa shape index (κ1) is 12.9. The highest BCUT2D eigenvalue weighted by atomic mass is 33.1. The van der Waals surface area contributed by atoms with Crippen LogP contribution in [0.4, 0.5) is 0 Å². The fourth-order valence-corrected chi connectivity index (χ4v) is 3.15. The summed E-state index contributed by atoms with van der Waals surface area (Å²) in [6.45, 7) is 0.329. The van der Waals surface area contributed by atoms with Gasteiger partial charge in [-0.25, -0.2) is 4.98 Å². The van der Waals surface area contributed by atoms with Crippen molar-refractivity contribution in [1.82, 2.24) is 4.98 Å². The molecule has 1 aromatic heterocycles. The summed E-state index contributed by atoms with van der Waals surface area (Å²) in [5, 5.41) is 9.68. The highest BCUT2D eigenvalue weighted by molar-refractivity contribution is 8.76. The maximum absolute atomic E-state index is 8.60. The van der Waals surface area contributed by atoms with Crippen molar-refractivity contribution >= 4 is 21.6 Å². The lowest BCUT2D eigenvalue weighted by Crippen LogP contribution is -1.84. The predicted octanol–water partition coefficient (Wildman–Crippen LogP) is 3.37. The van der Waals surface area contributed by atoms with Crippen LogP contribution in [0.15, 0.2) is 29.4 Å². The van der Waals surface area contributed by atoms with Gasteiger partial charge in [-0.15, -0.1) is 0 Å². The lowest BCUT2D eigenvalue weighted by Gasteiger charge is -2.00. The summed E-state index contributed by atoms with van der Waals surface area (Å²) < 4.78 is 0. The minimum absolute atomic E-state index is 0.329. The van der Waals surface area contributed by atoms with E-state index in [0.29, 0.717) is 6.61 Å². The van der Waals surface area contributed by atoms with Gasteiger partial charge in [0.05, 0.1) is 0 Å². The first-order chi connectivity index (χ1) is 7.43. The van der Waals surface area contributed by atoms with Crippen molar-refractivity contribution in [3.8, 4) is 0 Å². The van der Waals surface area contributed by atoms with Crippen molar-refractivity contribution in [3.05, 3.63) is 24.4 Å². The van der Waals surface area contributed by atoms with Crippen LogP contribution in [-0.4, -0.2) is 22.5 Å². The quantitative estimate of drug-likeness (QED) is 0.560. The summed E-state index contributed by atoms with van der Waals surface area (Å²) in [5.41, 5.74) is 0. The first-order valence-electron chi connectivity index (χ1n) is 5.25. The molecule has 4 heteroatoms. The third-order valence-corrected chi connectivity index (χ3v) is 4.27. The monoisotopic (exact) mass is 243 g/mol. The molecule has 0 aliphatic carbocycles. The van der Waals surface area contributed by atoms with Gasteiger partial charge in [-0.2, -0.15) is 0 Å². The maximum atomic E-state index is 8.60. The number of aliphatic hydroxyl groups is 1. The molecule has 2 nitrogen and oxygen atoms in total. The second-order valence-corrected chi connectivity index (χ2v) is 5.65. The van der Waals surface area contributed by atoms with Crippen molar-refractivity contribution in [3.63, 3.8) is 0 Å². The smallest absolute Gasteiger partial charge is 0.106 e. The van der Waals surface area contributed by atoms with Crippen molar-refractivity contribution in [2.75, 3.05) is 12.4 Å². The number of unbranched alkanes of at least 4 members (excludes halogenated alkanes) is 3. The highest BCUT2D eigenvalue weighted by Gasteiger charge is 1.95. The molecule has 1 N–H and O–H groups in total. The van der Waals surface area contributed by atoms with Crippen LogP contribution in [0.2, 0.25) is 0 Å². The molecule has 0 aliphatic rings. The van der Waals surface area contributed by atoms with Crippen molar-refractivity contribution in [2.24, 2.45) is 0 Å². The number of aliphatic hydroxyl groups excluding tert-OH is 1. The van der Waals surface area contributed by atoms with Crippen LogP contribution in [-0.2, 0) is 0 Å². The van der Waals surface area contributed by atoms with Crippen LogP contribution in [0.1, 0.15) is 25.7 Å². The predicted molar refractivity (Wildman–Crippen MR) is 68.1 cm³/mol. The summed E-state index contributed by atoms with van der Waals surface area (Å²) in [4.78, 5) is 4.24. The van der Waals surface area contributed by atoms with E-state index in [1.807, 2.05) is 35.2 Å². The van der Waals surface area contributed by atoms with Gasteiger partial charge in [-0.05, 0) is 35.8 Å². The zero-order valence-corrected chi connectivity index (χ0v) is 10.4. The van der Waals surface area contributed by atoms with Crippen molar-refractivity contribution < 1.29 is 5.11 Å². The Kier molecular flexibility index (Phi) is 7.78. The van der Waals surface area contributed by atoms with Crippen LogP contribution in [0, 0.1) is 0 Å². The minimum Gasteiger partial charge on any atom is -0.396 e. The van der Waals surface area contributed by atoms with Crippen molar-refractivity contribution in [1.29, 1.82) is 0 Å². The Labute approximate surface area is 99.3 Å². The van der Waals surface area contributed by atoms with Gasteiger partial charge in [0.15, 0.2) is 0 Å². The molecule has 0 radical (unpaired) electrons. The molecule has 1 heterocycles. The van der Waals surface area contributed by atoms with E-state index in [2.05, 4.69) is 4.98 Å². The van der Waals surface area contributed by atoms with Crippen LogP contribution in [0.25, 0.3) is 0 Å². The molecule has 1 rings (SSSR count). The Hall–Kier alpha value is -0.190. The first-order valence-corrected chi connectivity index (χ1v) is 7.57. The highest BCUT2D eigenvalue weighted by Crippen LogP contribution is 2.29. The number of nitrogens with zero attached hydrogens (tertiary/aromatic N) is 1. The Morgan fingerprint density at radius 3 is 2.73 bits per heavy atom. The van der Waals surface area contributed by atoms with Gasteiger partial charge in [0.1, 0.15) is 5.03 Å². The molecule has 0 spiro atoms. The van der Waals surface area contributed by atoms with E-state index < -0.39 is 0 Å². The molecular weight excluding hydrogens is 226 g/mol. The molecule has 0 bridgehead atoms. The van der Waals surface area contributed by atoms with Crippen LogP contribution >= 0.6 is 21.6 Å². The standard InChI is InChI=1S/C11H17NOS2/c13-9-5-1-2-6-10-14-15-11-7-3-4-8-12-11/h3-4,7-8,13H,1-2,5-6,9-10H2. The number of aromatic nitrogens is 1. The van der Waals surface area contributed by atoms with E-state index in [0.717, 1.165) is 23.6 Å². The van der Waals surface area contributed by atoms with E-state index in [4.69, 9.17) is 5.11 Å². The summed E-state index contributed by atoms with van der Waals surface area (Å²) in [6.07, 6.45) is 6.36.